The fourth-order valence-corrected chi connectivity index (χ4v) is 3.80. The zero-order chi connectivity index (χ0) is 17.6. The van der Waals surface area contributed by atoms with Crippen molar-refractivity contribution in [2.24, 2.45) is 0 Å². The molecule has 1 aromatic heterocycles. The number of thiazole rings is 1. The molecule has 2 aromatic rings. The predicted octanol–water partition coefficient (Wildman–Crippen LogP) is 3.79. The Kier molecular flexibility index (Phi) is 6.18. The summed E-state index contributed by atoms with van der Waals surface area (Å²) in [5.41, 5.74) is 1.69. The average Bonchev–Trinajstić information content (AvgIpc) is 3.09. The highest BCUT2D eigenvalue weighted by Crippen LogP contribution is 2.31. The predicted molar refractivity (Wildman–Crippen MR) is 101 cm³/mol. The summed E-state index contributed by atoms with van der Waals surface area (Å²) in [6.45, 7) is 6.68. The van der Waals surface area contributed by atoms with Crippen LogP contribution in [0, 0.1) is 0 Å². The molecule has 1 saturated heterocycles. The number of nitrogens with one attached hydrogen (secondary N) is 2. The number of anilines is 1. The fraction of sp³-hybridized carbons (Fsp3) is 0.474. The third-order valence-corrected chi connectivity index (χ3v) is 5.36. The Morgan fingerprint density at radius 3 is 2.72 bits per heavy atom. The molecule has 0 unspecified atom stereocenters. The van der Waals surface area contributed by atoms with Crippen LogP contribution in [0.2, 0.25) is 0 Å². The molecular weight excluding hydrogens is 334 g/mol. The van der Waals surface area contributed by atoms with Crippen molar-refractivity contribution in [2.75, 3.05) is 18.4 Å². The van der Waals surface area contributed by atoms with Gasteiger partial charge in [0.2, 0.25) is 0 Å². The van der Waals surface area contributed by atoms with Gasteiger partial charge in [-0.15, -0.1) is 11.3 Å². The largest absolute Gasteiger partial charge is 0.374 e. The van der Waals surface area contributed by atoms with Crippen LogP contribution in [0.3, 0.4) is 0 Å². The molecule has 5 nitrogen and oxygen atoms in total. The van der Waals surface area contributed by atoms with Crippen molar-refractivity contribution >= 4 is 22.4 Å². The number of carbonyl (C=O) groups excluding carboxylic acids is 1. The summed E-state index contributed by atoms with van der Waals surface area (Å²) >= 11 is 1.59. The highest BCUT2D eigenvalue weighted by atomic mass is 32.1. The second-order valence-electron chi connectivity index (χ2n) is 6.60. The Morgan fingerprint density at radius 2 is 2.04 bits per heavy atom. The Hall–Kier alpha value is -1.76. The Balaban J connectivity index is 1.57. The first kappa shape index (κ1) is 18.0. The van der Waals surface area contributed by atoms with Gasteiger partial charge in [0.25, 0.3) is 5.91 Å². The third kappa shape index (κ3) is 5.11. The van der Waals surface area contributed by atoms with Gasteiger partial charge in [0.05, 0.1) is 12.7 Å². The monoisotopic (exact) mass is 359 g/mol. The average molecular weight is 359 g/mol. The number of rotatable bonds is 6. The molecule has 2 N–H and O–H groups in total. The van der Waals surface area contributed by atoms with Crippen LogP contribution in [0.1, 0.15) is 53.4 Å². The second kappa shape index (κ2) is 8.56. The van der Waals surface area contributed by atoms with Crippen LogP contribution >= 0.6 is 11.3 Å². The number of hydrogen-bond acceptors (Lipinski definition) is 5. The smallest absolute Gasteiger partial charge is 0.257 e. The minimum Gasteiger partial charge on any atom is -0.374 e. The molecule has 0 bridgehead atoms. The van der Waals surface area contributed by atoms with Gasteiger partial charge in [-0.1, -0.05) is 12.1 Å². The van der Waals surface area contributed by atoms with Crippen LogP contribution in [-0.2, 0) is 11.3 Å². The Morgan fingerprint density at radius 1 is 1.32 bits per heavy atom. The molecular formula is C19H25N3O2S. The molecule has 2 heterocycles. The lowest BCUT2D eigenvalue weighted by molar-refractivity contribution is 0.0657. The fourth-order valence-electron chi connectivity index (χ4n) is 2.82. The summed E-state index contributed by atoms with van der Waals surface area (Å²) in [7, 11) is 0. The van der Waals surface area contributed by atoms with Gasteiger partial charge in [-0.25, -0.2) is 4.98 Å². The zero-order valence-corrected chi connectivity index (χ0v) is 15.6. The minimum absolute atomic E-state index is 0.123. The van der Waals surface area contributed by atoms with Crippen LogP contribution in [0.25, 0.3) is 0 Å². The van der Waals surface area contributed by atoms with E-state index in [-0.39, 0.29) is 12.0 Å². The van der Waals surface area contributed by atoms with E-state index in [1.54, 1.807) is 11.3 Å². The van der Waals surface area contributed by atoms with Gasteiger partial charge in [-0.2, -0.15) is 0 Å². The quantitative estimate of drug-likeness (QED) is 0.824. The number of aromatic nitrogens is 1. The summed E-state index contributed by atoms with van der Waals surface area (Å²) in [6, 6.07) is 7.52. The van der Waals surface area contributed by atoms with Crippen molar-refractivity contribution in [3.63, 3.8) is 0 Å². The lowest BCUT2D eigenvalue weighted by Gasteiger charge is -2.20. The number of carbonyl (C=O) groups is 1. The van der Waals surface area contributed by atoms with Gasteiger partial charge in [-0.05, 0) is 63.4 Å². The second-order valence-corrected chi connectivity index (χ2v) is 7.67. The van der Waals surface area contributed by atoms with Crippen LogP contribution in [0.4, 0.5) is 5.13 Å². The van der Waals surface area contributed by atoms with Crippen molar-refractivity contribution in [1.82, 2.24) is 10.3 Å². The number of nitrogens with zero attached hydrogens (tertiary/aromatic N) is 1. The summed E-state index contributed by atoms with van der Waals surface area (Å²) in [5, 5.41) is 6.95. The standard InChI is InChI=1S/C19H25N3O2S/c1-13(2)24-12-14-3-5-16(6-4-14)18(23)22-19-21-11-17(25-19)15-7-9-20-10-8-15/h3-6,11,13,15,20H,7-10,12H2,1-2H3,(H,21,22,23). The maximum absolute atomic E-state index is 12.4. The molecule has 3 rings (SSSR count). The maximum atomic E-state index is 12.4. The van der Waals surface area contributed by atoms with Crippen LogP contribution in [-0.4, -0.2) is 30.1 Å². The van der Waals surface area contributed by atoms with Crippen molar-refractivity contribution in [1.29, 1.82) is 0 Å². The van der Waals surface area contributed by atoms with E-state index >= 15 is 0 Å². The molecule has 0 spiro atoms. The van der Waals surface area contributed by atoms with E-state index in [1.807, 2.05) is 44.3 Å². The zero-order valence-electron chi connectivity index (χ0n) is 14.7. The summed E-state index contributed by atoms with van der Waals surface area (Å²) in [5.74, 6) is 0.437. The van der Waals surface area contributed by atoms with Gasteiger partial charge in [0.15, 0.2) is 5.13 Å². The Labute approximate surface area is 152 Å². The van der Waals surface area contributed by atoms with E-state index in [0.29, 0.717) is 23.2 Å². The van der Waals surface area contributed by atoms with Crippen molar-refractivity contribution in [3.8, 4) is 0 Å². The third-order valence-electron chi connectivity index (χ3n) is 4.29. The van der Waals surface area contributed by atoms with Gasteiger partial charge < -0.3 is 10.1 Å². The summed E-state index contributed by atoms with van der Waals surface area (Å²) < 4.78 is 5.57. The molecule has 1 fully saturated rings. The number of ether oxygens (including phenoxy) is 1. The lowest BCUT2D eigenvalue weighted by Crippen LogP contribution is -2.26. The van der Waals surface area contributed by atoms with Gasteiger partial charge >= 0.3 is 0 Å². The molecule has 0 saturated carbocycles. The van der Waals surface area contributed by atoms with Crippen LogP contribution in [0.15, 0.2) is 30.5 Å². The van der Waals surface area contributed by atoms with E-state index in [0.717, 1.165) is 31.5 Å². The number of piperidine rings is 1. The van der Waals surface area contributed by atoms with E-state index in [4.69, 9.17) is 4.74 Å². The number of benzene rings is 1. The molecule has 1 aromatic carbocycles. The minimum atomic E-state index is -0.123. The van der Waals surface area contributed by atoms with Gasteiger partial charge in [0.1, 0.15) is 0 Å². The molecule has 1 amide bonds. The Bertz CT molecular complexity index is 691. The normalized spacial score (nSPS) is 15.5. The van der Waals surface area contributed by atoms with Crippen molar-refractivity contribution in [2.45, 2.75) is 45.3 Å². The summed E-state index contributed by atoms with van der Waals surface area (Å²) in [4.78, 5) is 18.0. The first-order chi connectivity index (χ1) is 12.1. The molecule has 0 radical (unpaired) electrons. The summed E-state index contributed by atoms with van der Waals surface area (Å²) in [6.07, 6.45) is 4.37. The van der Waals surface area contributed by atoms with E-state index in [2.05, 4.69) is 15.6 Å². The van der Waals surface area contributed by atoms with Crippen LogP contribution in [0.5, 0.6) is 0 Å². The molecule has 25 heavy (non-hydrogen) atoms. The first-order valence-corrected chi connectivity index (χ1v) is 9.62. The molecule has 1 aliphatic heterocycles. The number of amides is 1. The van der Waals surface area contributed by atoms with Crippen molar-refractivity contribution < 1.29 is 9.53 Å². The highest BCUT2D eigenvalue weighted by Gasteiger charge is 2.18. The molecule has 6 heteroatoms. The van der Waals surface area contributed by atoms with E-state index in [9.17, 15) is 4.79 Å². The molecule has 1 aliphatic rings. The first-order valence-electron chi connectivity index (χ1n) is 8.80. The molecule has 134 valence electrons. The lowest BCUT2D eigenvalue weighted by atomic mass is 9.97. The maximum Gasteiger partial charge on any atom is 0.257 e. The topological polar surface area (TPSA) is 63.2 Å². The van der Waals surface area contributed by atoms with E-state index < -0.39 is 0 Å². The SMILES string of the molecule is CC(C)OCc1ccc(C(=O)Nc2ncc(C3CCNCC3)s2)cc1. The highest BCUT2D eigenvalue weighted by molar-refractivity contribution is 7.15. The van der Waals surface area contributed by atoms with Gasteiger partial charge in [0, 0.05) is 16.6 Å². The van der Waals surface area contributed by atoms with Crippen molar-refractivity contribution in [3.05, 3.63) is 46.5 Å². The van der Waals surface area contributed by atoms with Crippen LogP contribution < -0.4 is 10.6 Å². The molecule has 0 aliphatic carbocycles. The number of hydrogen-bond donors (Lipinski definition) is 2. The van der Waals surface area contributed by atoms with Gasteiger partial charge in [-0.3, -0.25) is 10.1 Å². The van der Waals surface area contributed by atoms with E-state index in [1.165, 1.54) is 4.88 Å². The molecule has 0 atom stereocenters.